The molecule has 0 bridgehead atoms. The standard InChI is InChI=1S/C14H18FNO3/c15-11-4-5-12(14(17)18)13(10-11)19-9-3-8-16-6-1-2-7-16/h4-5,10H,1-3,6-9H2,(H,17,18). The number of halogens is 1. The van der Waals surface area contributed by atoms with E-state index in [2.05, 4.69) is 4.90 Å². The number of likely N-dealkylation sites (tertiary alicyclic amines) is 1. The van der Waals surface area contributed by atoms with Gasteiger partial charge >= 0.3 is 5.97 Å². The van der Waals surface area contributed by atoms with Gasteiger partial charge in [0.1, 0.15) is 17.1 Å². The minimum atomic E-state index is -1.10. The number of carbonyl (C=O) groups is 1. The molecular weight excluding hydrogens is 249 g/mol. The van der Waals surface area contributed by atoms with Crippen molar-refractivity contribution < 1.29 is 19.0 Å². The highest BCUT2D eigenvalue weighted by molar-refractivity contribution is 5.90. The van der Waals surface area contributed by atoms with Crippen LogP contribution in [0.25, 0.3) is 0 Å². The Kier molecular flexibility index (Phi) is 4.74. The molecule has 19 heavy (non-hydrogen) atoms. The number of hydrogen-bond acceptors (Lipinski definition) is 3. The zero-order chi connectivity index (χ0) is 13.7. The van der Waals surface area contributed by atoms with E-state index in [1.165, 1.54) is 18.9 Å². The van der Waals surface area contributed by atoms with Gasteiger partial charge in [-0.15, -0.1) is 0 Å². The van der Waals surface area contributed by atoms with Gasteiger partial charge in [0, 0.05) is 12.6 Å². The van der Waals surface area contributed by atoms with Gasteiger partial charge in [0.05, 0.1) is 6.61 Å². The lowest BCUT2D eigenvalue weighted by molar-refractivity contribution is 0.0692. The van der Waals surface area contributed by atoms with Crippen LogP contribution < -0.4 is 4.74 Å². The Balaban J connectivity index is 1.84. The number of nitrogens with zero attached hydrogens (tertiary/aromatic N) is 1. The molecular formula is C14H18FNO3. The summed E-state index contributed by atoms with van der Waals surface area (Å²) < 4.78 is 18.5. The van der Waals surface area contributed by atoms with Crippen LogP contribution in [0, 0.1) is 5.82 Å². The highest BCUT2D eigenvalue weighted by atomic mass is 19.1. The quantitative estimate of drug-likeness (QED) is 0.804. The summed E-state index contributed by atoms with van der Waals surface area (Å²) in [6, 6.07) is 3.48. The third kappa shape index (κ3) is 3.92. The second kappa shape index (κ2) is 6.52. The fraction of sp³-hybridized carbons (Fsp3) is 0.500. The zero-order valence-corrected chi connectivity index (χ0v) is 10.8. The molecule has 0 unspecified atom stereocenters. The predicted molar refractivity (Wildman–Crippen MR) is 69.1 cm³/mol. The molecule has 1 aromatic rings. The van der Waals surface area contributed by atoms with Crippen LogP contribution in [-0.2, 0) is 0 Å². The van der Waals surface area contributed by atoms with Gasteiger partial charge in [-0.05, 0) is 44.5 Å². The van der Waals surface area contributed by atoms with Crippen molar-refractivity contribution >= 4 is 5.97 Å². The van der Waals surface area contributed by atoms with Crippen molar-refractivity contribution in [1.29, 1.82) is 0 Å². The van der Waals surface area contributed by atoms with Crippen molar-refractivity contribution in [2.24, 2.45) is 0 Å². The zero-order valence-electron chi connectivity index (χ0n) is 10.8. The smallest absolute Gasteiger partial charge is 0.339 e. The molecule has 2 rings (SSSR count). The number of carboxylic acids is 1. The van der Waals surface area contributed by atoms with E-state index in [1.807, 2.05) is 0 Å². The third-order valence-corrected chi connectivity index (χ3v) is 3.25. The molecule has 4 nitrogen and oxygen atoms in total. The minimum Gasteiger partial charge on any atom is -0.493 e. The summed E-state index contributed by atoms with van der Waals surface area (Å²) in [5.41, 5.74) is 0.00238. The summed E-state index contributed by atoms with van der Waals surface area (Å²) in [6.07, 6.45) is 3.30. The molecule has 1 fully saturated rings. The number of carboxylic acid groups (broad SMARTS) is 1. The van der Waals surface area contributed by atoms with Crippen LogP contribution in [0.4, 0.5) is 4.39 Å². The fourth-order valence-corrected chi connectivity index (χ4v) is 2.27. The molecule has 1 aliphatic heterocycles. The second-order valence-electron chi connectivity index (χ2n) is 4.70. The molecule has 0 spiro atoms. The molecule has 5 heteroatoms. The number of benzene rings is 1. The first-order chi connectivity index (χ1) is 9.16. The number of ether oxygens (including phenoxy) is 1. The monoisotopic (exact) mass is 267 g/mol. The lowest BCUT2D eigenvalue weighted by Gasteiger charge is -2.15. The van der Waals surface area contributed by atoms with Crippen LogP contribution in [0.15, 0.2) is 18.2 Å². The van der Waals surface area contributed by atoms with E-state index >= 15 is 0 Å². The second-order valence-corrected chi connectivity index (χ2v) is 4.70. The Morgan fingerprint density at radius 2 is 2.11 bits per heavy atom. The average Bonchev–Trinajstić information content (AvgIpc) is 2.87. The highest BCUT2D eigenvalue weighted by Gasteiger charge is 2.13. The highest BCUT2D eigenvalue weighted by Crippen LogP contribution is 2.20. The van der Waals surface area contributed by atoms with Gasteiger partial charge in [-0.25, -0.2) is 9.18 Å². The minimum absolute atomic E-state index is 0.00238. The predicted octanol–water partition coefficient (Wildman–Crippen LogP) is 2.39. The molecule has 0 radical (unpaired) electrons. The molecule has 0 aromatic heterocycles. The maximum Gasteiger partial charge on any atom is 0.339 e. The van der Waals surface area contributed by atoms with Gasteiger partial charge < -0.3 is 14.7 Å². The Labute approximate surface area is 111 Å². The molecule has 0 atom stereocenters. The maximum absolute atomic E-state index is 13.1. The van der Waals surface area contributed by atoms with Crippen molar-refractivity contribution in [3.8, 4) is 5.75 Å². The normalized spacial score (nSPS) is 15.6. The van der Waals surface area contributed by atoms with Crippen molar-refractivity contribution in [3.05, 3.63) is 29.6 Å². The number of aromatic carboxylic acids is 1. The Hall–Kier alpha value is -1.62. The topological polar surface area (TPSA) is 49.8 Å². The number of hydrogen-bond donors (Lipinski definition) is 1. The first-order valence-electron chi connectivity index (χ1n) is 6.55. The lowest BCUT2D eigenvalue weighted by atomic mass is 10.2. The lowest BCUT2D eigenvalue weighted by Crippen LogP contribution is -2.22. The summed E-state index contributed by atoms with van der Waals surface area (Å²) in [7, 11) is 0. The van der Waals surface area contributed by atoms with Crippen LogP contribution in [0.1, 0.15) is 29.6 Å². The van der Waals surface area contributed by atoms with Gasteiger partial charge in [0.25, 0.3) is 0 Å². The summed E-state index contributed by atoms with van der Waals surface area (Å²) in [4.78, 5) is 13.3. The average molecular weight is 267 g/mol. The molecule has 0 saturated carbocycles. The van der Waals surface area contributed by atoms with Gasteiger partial charge in [-0.1, -0.05) is 0 Å². The van der Waals surface area contributed by atoms with Crippen LogP contribution in [-0.4, -0.2) is 42.2 Å². The third-order valence-electron chi connectivity index (χ3n) is 3.25. The van der Waals surface area contributed by atoms with E-state index in [0.29, 0.717) is 6.61 Å². The molecule has 1 aromatic carbocycles. The van der Waals surface area contributed by atoms with Gasteiger partial charge in [-0.3, -0.25) is 0 Å². The molecule has 1 N–H and O–H groups in total. The van der Waals surface area contributed by atoms with Crippen molar-refractivity contribution in [1.82, 2.24) is 4.90 Å². The first-order valence-corrected chi connectivity index (χ1v) is 6.55. The van der Waals surface area contributed by atoms with E-state index in [4.69, 9.17) is 9.84 Å². The fourth-order valence-electron chi connectivity index (χ4n) is 2.27. The van der Waals surface area contributed by atoms with E-state index in [1.54, 1.807) is 0 Å². The van der Waals surface area contributed by atoms with Gasteiger partial charge in [0.15, 0.2) is 0 Å². The Bertz CT molecular complexity index is 444. The van der Waals surface area contributed by atoms with Crippen LogP contribution >= 0.6 is 0 Å². The van der Waals surface area contributed by atoms with Crippen LogP contribution in [0.2, 0.25) is 0 Å². The SMILES string of the molecule is O=C(O)c1ccc(F)cc1OCCCN1CCCC1. The Morgan fingerprint density at radius 1 is 1.37 bits per heavy atom. The molecule has 104 valence electrons. The van der Waals surface area contributed by atoms with E-state index in [9.17, 15) is 9.18 Å². The first kappa shape index (κ1) is 13.8. The molecule has 1 saturated heterocycles. The van der Waals surface area contributed by atoms with Gasteiger partial charge in [0.2, 0.25) is 0 Å². The van der Waals surface area contributed by atoms with E-state index < -0.39 is 11.8 Å². The molecule has 1 aliphatic rings. The van der Waals surface area contributed by atoms with Crippen LogP contribution in [0.5, 0.6) is 5.75 Å². The number of rotatable bonds is 6. The van der Waals surface area contributed by atoms with Crippen molar-refractivity contribution in [3.63, 3.8) is 0 Å². The van der Waals surface area contributed by atoms with E-state index in [0.717, 1.165) is 38.2 Å². The largest absolute Gasteiger partial charge is 0.493 e. The van der Waals surface area contributed by atoms with Crippen LogP contribution in [0.3, 0.4) is 0 Å². The molecule has 1 heterocycles. The van der Waals surface area contributed by atoms with Crippen molar-refractivity contribution in [2.75, 3.05) is 26.2 Å². The summed E-state index contributed by atoms with van der Waals surface area (Å²) >= 11 is 0. The maximum atomic E-state index is 13.1. The summed E-state index contributed by atoms with van der Waals surface area (Å²) in [6.45, 7) is 3.60. The molecule has 0 aliphatic carbocycles. The Morgan fingerprint density at radius 3 is 2.79 bits per heavy atom. The summed E-state index contributed by atoms with van der Waals surface area (Å²) in [5, 5.41) is 8.98. The summed E-state index contributed by atoms with van der Waals surface area (Å²) in [5.74, 6) is -1.48. The van der Waals surface area contributed by atoms with Gasteiger partial charge in [-0.2, -0.15) is 0 Å². The van der Waals surface area contributed by atoms with Crippen molar-refractivity contribution in [2.45, 2.75) is 19.3 Å². The van der Waals surface area contributed by atoms with E-state index in [-0.39, 0.29) is 11.3 Å². The molecule has 0 amide bonds.